The molecule has 5 heteroatoms. The Bertz CT molecular complexity index is 828. The van der Waals surface area contributed by atoms with E-state index in [4.69, 9.17) is 0 Å². The molecule has 3 rings (SSSR count). The average molecular weight is 342 g/mol. The van der Waals surface area contributed by atoms with Gasteiger partial charge >= 0.3 is 0 Å². The Morgan fingerprint density at radius 1 is 1.22 bits per heavy atom. The van der Waals surface area contributed by atoms with Crippen molar-refractivity contribution in [3.05, 3.63) is 53.6 Å². The zero-order chi connectivity index (χ0) is 16.2. The van der Waals surface area contributed by atoms with E-state index in [-0.39, 0.29) is 5.91 Å². The summed E-state index contributed by atoms with van der Waals surface area (Å²) >= 11 is 3.22. The lowest BCUT2D eigenvalue weighted by Gasteiger charge is -2.02. The van der Waals surface area contributed by atoms with Crippen LogP contribution in [-0.4, -0.2) is 16.6 Å². The maximum Gasteiger partial charge on any atom is 0.226 e. The first-order chi connectivity index (χ1) is 11.1. The molecule has 0 aliphatic rings. The van der Waals surface area contributed by atoms with Gasteiger partial charge in [-0.2, -0.15) is 0 Å². The van der Waals surface area contributed by atoms with E-state index in [2.05, 4.69) is 48.4 Å². The Hall–Kier alpha value is -1.85. The fraction of sp³-hybridized carbons (Fsp3) is 0.222. The number of hydrogen-bond acceptors (Lipinski definition) is 4. The van der Waals surface area contributed by atoms with Crippen molar-refractivity contribution in [2.75, 3.05) is 11.1 Å². The van der Waals surface area contributed by atoms with E-state index in [1.807, 2.05) is 18.2 Å². The highest BCUT2D eigenvalue weighted by molar-refractivity contribution is 7.99. The van der Waals surface area contributed by atoms with Crippen LogP contribution >= 0.6 is 23.1 Å². The van der Waals surface area contributed by atoms with E-state index in [0.717, 1.165) is 21.5 Å². The zero-order valence-electron chi connectivity index (χ0n) is 13.1. The van der Waals surface area contributed by atoms with Gasteiger partial charge in [0.1, 0.15) is 0 Å². The second kappa shape index (κ2) is 7.15. The molecule has 0 aliphatic carbocycles. The van der Waals surface area contributed by atoms with Crippen LogP contribution in [0.1, 0.15) is 17.5 Å². The molecule has 3 nitrogen and oxygen atoms in total. The van der Waals surface area contributed by atoms with E-state index in [9.17, 15) is 4.79 Å². The van der Waals surface area contributed by atoms with Crippen LogP contribution in [0.2, 0.25) is 0 Å². The highest BCUT2D eigenvalue weighted by Crippen LogP contribution is 2.29. The zero-order valence-corrected chi connectivity index (χ0v) is 14.8. The quantitative estimate of drug-likeness (QED) is 0.661. The van der Waals surface area contributed by atoms with Gasteiger partial charge in [0.15, 0.2) is 5.13 Å². The number of fused-ring (bicyclic) bond motifs is 1. The summed E-state index contributed by atoms with van der Waals surface area (Å²) in [6.07, 6.45) is 0.480. The molecule has 1 aromatic heterocycles. The number of carbonyl (C=O) groups excluding carboxylic acids is 1. The van der Waals surface area contributed by atoms with Crippen LogP contribution < -0.4 is 5.32 Å². The van der Waals surface area contributed by atoms with E-state index >= 15 is 0 Å². The molecule has 0 radical (unpaired) electrons. The van der Waals surface area contributed by atoms with Gasteiger partial charge in [0, 0.05) is 17.1 Å². The van der Waals surface area contributed by atoms with E-state index in [1.165, 1.54) is 21.8 Å². The number of aromatic nitrogens is 1. The Kier molecular flexibility index (Phi) is 4.98. The third-order valence-corrected chi connectivity index (χ3v) is 5.35. The first-order valence-electron chi connectivity index (χ1n) is 7.47. The number of amides is 1. The fourth-order valence-electron chi connectivity index (χ4n) is 2.38. The summed E-state index contributed by atoms with van der Waals surface area (Å²) in [5.41, 5.74) is 3.35. The van der Waals surface area contributed by atoms with Gasteiger partial charge in [-0.25, -0.2) is 4.98 Å². The van der Waals surface area contributed by atoms with Gasteiger partial charge in [0.2, 0.25) is 5.91 Å². The molecule has 1 amide bonds. The molecule has 1 heterocycles. The summed E-state index contributed by atoms with van der Waals surface area (Å²) in [6, 6.07) is 14.4. The van der Waals surface area contributed by atoms with Gasteiger partial charge in [0.25, 0.3) is 0 Å². The minimum absolute atomic E-state index is 0.0156. The SMILES string of the molecule is Cc1cc(C)c2nc(NC(=O)CCSc3ccccc3)sc2c1. The molecular formula is C18H18N2OS2. The Labute approximate surface area is 144 Å². The van der Waals surface area contributed by atoms with Gasteiger partial charge in [-0.1, -0.05) is 35.6 Å². The number of carbonyl (C=O) groups is 1. The second-order valence-corrected chi connectivity index (χ2v) is 7.61. The number of thiazole rings is 1. The third kappa shape index (κ3) is 4.12. The monoisotopic (exact) mass is 342 g/mol. The largest absolute Gasteiger partial charge is 0.302 e. The minimum Gasteiger partial charge on any atom is -0.302 e. The average Bonchev–Trinajstić information content (AvgIpc) is 2.91. The minimum atomic E-state index is 0.0156. The van der Waals surface area contributed by atoms with Crippen LogP contribution in [0, 0.1) is 13.8 Å². The topological polar surface area (TPSA) is 42.0 Å². The lowest BCUT2D eigenvalue weighted by atomic mass is 10.1. The number of anilines is 1. The number of hydrogen-bond donors (Lipinski definition) is 1. The van der Waals surface area contributed by atoms with Gasteiger partial charge in [0.05, 0.1) is 10.2 Å². The van der Waals surface area contributed by atoms with Crippen molar-refractivity contribution in [2.24, 2.45) is 0 Å². The van der Waals surface area contributed by atoms with Crippen LogP contribution in [-0.2, 0) is 4.79 Å². The molecule has 2 aromatic carbocycles. The Balaban J connectivity index is 1.58. The van der Waals surface area contributed by atoms with Crippen molar-refractivity contribution in [3.8, 4) is 0 Å². The molecule has 23 heavy (non-hydrogen) atoms. The molecule has 0 atom stereocenters. The molecule has 0 saturated heterocycles. The molecule has 1 N–H and O–H groups in total. The highest BCUT2D eigenvalue weighted by atomic mass is 32.2. The molecule has 0 bridgehead atoms. The van der Waals surface area contributed by atoms with Crippen molar-refractivity contribution in [2.45, 2.75) is 25.2 Å². The van der Waals surface area contributed by atoms with E-state index in [0.29, 0.717) is 11.6 Å². The third-order valence-electron chi connectivity index (χ3n) is 3.42. The number of nitrogens with one attached hydrogen (secondary N) is 1. The van der Waals surface area contributed by atoms with Gasteiger partial charge in [-0.15, -0.1) is 11.8 Å². The molecule has 0 spiro atoms. The summed E-state index contributed by atoms with van der Waals surface area (Å²) in [5, 5.41) is 3.60. The number of benzene rings is 2. The summed E-state index contributed by atoms with van der Waals surface area (Å²) in [5.74, 6) is 0.778. The summed E-state index contributed by atoms with van der Waals surface area (Å²) in [7, 11) is 0. The van der Waals surface area contributed by atoms with Crippen LogP contribution in [0.3, 0.4) is 0 Å². The first kappa shape index (κ1) is 16.0. The van der Waals surface area contributed by atoms with E-state index in [1.54, 1.807) is 11.8 Å². The predicted molar refractivity (Wildman–Crippen MR) is 99.5 cm³/mol. The van der Waals surface area contributed by atoms with Crippen LogP contribution in [0.25, 0.3) is 10.2 Å². The Morgan fingerprint density at radius 2 is 2.00 bits per heavy atom. The first-order valence-corrected chi connectivity index (χ1v) is 9.27. The number of thioether (sulfide) groups is 1. The molecule has 0 unspecified atom stereocenters. The Morgan fingerprint density at radius 3 is 2.78 bits per heavy atom. The van der Waals surface area contributed by atoms with Gasteiger partial charge < -0.3 is 5.32 Å². The summed E-state index contributed by atoms with van der Waals surface area (Å²) in [4.78, 5) is 17.8. The molecule has 0 saturated carbocycles. The van der Waals surface area contributed by atoms with Crippen molar-refractivity contribution < 1.29 is 4.79 Å². The highest BCUT2D eigenvalue weighted by Gasteiger charge is 2.10. The molecular weight excluding hydrogens is 324 g/mol. The second-order valence-electron chi connectivity index (χ2n) is 5.41. The fourth-order valence-corrected chi connectivity index (χ4v) is 4.32. The van der Waals surface area contributed by atoms with Gasteiger partial charge in [-0.3, -0.25) is 4.79 Å². The van der Waals surface area contributed by atoms with Crippen molar-refractivity contribution in [1.29, 1.82) is 0 Å². The predicted octanol–water partition coefficient (Wildman–Crippen LogP) is 5.03. The lowest BCUT2D eigenvalue weighted by Crippen LogP contribution is -2.11. The van der Waals surface area contributed by atoms with Crippen LogP contribution in [0.5, 0.6) is 0 Å². The molecule has 3 aromatic rings. The summed E-state index contributed by atoms with van der Waals surface area (Å²) in [6.45, 7) is 4.13. The number of aryl methyl sites for hydroxylation is 2. The van der Waals surface area contributed by atoms with Crippen molar-refractivity contribution in [1.82, 2.24) is 4.98 Å². The number of rotatable bonds is 5. The standard InChI is InChI=1S/C18H18N2OS2/c1-12-10-13(2)17-15(11-12)23-18(20-17)19-16(21)8-9-22-14-6-4-3-5-7-14/h3-7,10-11H,8-9H2,1-2H3,(H,19,20,21). The number of nitrogens with zero attached hydrogens (tertiary/aromatic N) is 1. The van der Waals surface area contributed by atoms with Crippen LogP contribution in [0.15, 0.2) is 47.4 Å². The molecule has 0 aliphatic heterocycles. The van der Waals surface area contributed by atoms with E-state index < -0.39 is 0 Å². The van der Waals surface area contributed by atoms with Crippen molar-refractivity contribution in [3.63, 3.8) is 0 Å². The van der Waals surface area contributed by atoms with Gasteiger partial charge in [-0.05, 0) is 43.2 Å². The maximum absolute atomic E-state index is 12.1. The normalized spacial score (nSPS) is 10.9. The summed E-state index contributed by atoms with van der Waals surface area (Å²) < 4.78 is 1.12. The molecule has 0 fully saturated rings. The lowest BCUT2D eigenvalue weighted by molar-refractivity contribution is -0.115. The maximum atomic E-state index is 12.1. The smallest absolute Gasteiger partial charge is 0.226 e. The van der Waals surface area contributed by atoms with Crippen molar-refractivity contribution >= 4 is 44.4 Å². The van der Waals surface area contributed by atoms with Crippen LogP contribution in [0.4, 0.5) is 5.13 Å². The molecule has 118 valence electrons.